The molecule has 0 aliphatic heterocycles. The lowest BCUT2D eigenvalue weighted by atomic mass is 10.0. The zero-order chi connectivity index (χ0) is 20.8. The van der Waals surface area contributed by atoms with E-state index in [1.807, 2.05) is 50.2 Å². The molecule has 0 saturated carbocycles. The SMILES string of the molecule is C.C.Cc1cc(Cc2ccc(N=C=O)c(C)c2)ccc1N=C=O.O=C=NCN=C=O. The Bertz CT molecular complexity index is 942. The van der Waals surface area contributed by atoms with Gasteiger partial charge in [0.1, 0.15) is 0 Å². The Morgan fingerprint density at radius 3 is 1.37 bits per heavy atom. The highest BCUT2D eigenvalue weighted by atomic mass is 16.1. The van der Waals surface area contributed by atoms with E-state index >= 15 is 0 Å². The summed E-state index contributed by atoms with van der Waals surface area (Å²) >= 11 is 0. The Hall–Kier alpha value is -4.04. The largest absolute Gasteiger partial charge is 0.240 e. The minimum absolute atomic E-state index is 0. The van der Waals surface area contributed by atoms with E-state index in [9.17, 15) is 19.2 Å². The summed E-state index contributed by atoms with van der Waals surface area (Å²) < 4.78 is 0. The quantitative estimate of drug-likeness (QED) is 0.507. The van der Waals surface area contributed by atoms with Crippen molar-refractivity contribution >= 4 is 35.7 Å². The van der Waals surface area contributed by atoms with Gasteiger partial charge in [0.15, 0.2) is 6.67 Å². The van der Waals surface area contributed by atoms with Crippen molar-refractivity contribution in [2.45, 2.75) is 35.1 Å². The summed E-state index contributed by atoms with van der Waals surface area (Å²) in [7, 11) is 0. The van der Waals surface area contributed by atoms with Crippen LogP contribution in [0.2, 0.25) is 0 Å². The Labute approximate surface area is 175 Å². The van der Waals surface area contributed by atoms with E-state index in [1.165, 1.54) is 12.2 Å². The predicted molar refractivity (Wildman–Crippen MR) is 115 cm³/mol. The second kappa shape index (κ2) is 16.0. The summed E-state index contributed by atoms with van der Waals surface area (Å²) in [6, 6.07) is 11.5. The van der Waals surface area contributed by atoms with Crippen molar-refractivity contribution in [3.8, 4) is 0 Å². The maximum atomic E-state index is 10.3. The number of aryl methyl sites for hydroxylation is 2. The molecule has 0 amide bonds. The number of carbonyl (C=O) groups excluding carboxylic acids is 4. The number of rotatable bonds is 6. The van der Waals surface area contributed by atoms with E-state index in [0.717, 1.165) is 28.7 Å². The van der Waals surface area contributed by atoms with Gasteiger partial charge in [0.05, 0.1) is 11.4 Å². The molecule has 2 aromatic carbocycles. The number of hydrogen-bond acceptors (Lipinski definition) is 8. The summed E-state index contributed by atoms with van der Waals surface area (Å²) in [6.07, 6.45) is 6.28. The molecule has 0 heterocycles. The molecule has 0 N–H and O–H groups in total. The van der Waals surface area contributed by atoms with Crippen LogP contribution in [0.3, 0.4) is 0 Å². The Morgan fingerprint density at radius 2 is 1.07 bits per heavy atom. The molecule has 0 atom stereocenters. The fourth-order valence-corrected chi connectivity index (χ4v) is 2.33. The normalized spacial score (nSPS) is 8.07. The van der Waals surface area contributed by atoms with Crippen molar-refractivity contribution in [1.29, 1.82) is 0 Å². The van der Waals surface area contributed by atoms with Crippen molar-refractivity contribution in [2.75, 3.05) is 6.67 Å². The average molecular weight is 408 g/mol. The fourth-order valence-electron chi connectivity index (χ4n) is 2.33. The highest BCUT2D eigenvalue weighted by Gasteiger charge is 2.03. The maximum absolute atomic E-state index is 10.3. The summed E-state index contributed by atoms with van der Waals surface area (Å²) in [5.74, 6) is 0. The lowest BCUT2D eigenvalue weighted by Crippen LogP contribution is -1.90. The summed E-state index contributed by atoms with van der Waals surface area (Å²) in [6.45, 7) is 3.66. The van der Waals surface area contributed by atoms with Gasteiger partial charge in [-0.2, -0.15) is 20.0 Å². The topological polar surface area (TPSA) is 118 Å². The molecule has 30 heavy (non-hydrogen) atoms. The molecule has 2 rings (SSSR count). The molecule has 0 fully saturated rings. The molecule has 2 aromatic rings. The zero-order valence-electron chi connectivity index (χ0n) is 15.3. The lowest BCUT2D eigenvalue weighted by molar-refractivity contribution is 0.560. The van der Waals surface area contributed by atoms with E-state index in [2.05, 4.69) is 20.0 Å². The molecule has 8 nitrogen and oxygen atoms in total. The third kappa shape index (κ3) is 9.77. The maximum Gasteiger partial charge on any atom is 0.240 e. The van der Waals surface area contributed by atoms with Crippen LogP contribution in [0.1, 0.15) is 37.1 Å². The molecular weight excluding hydrogens is 384 g/mol. The first-order chi connectivity index (χ1) is 13.5. The molecule has 0 bridgehead atoms. The van der Waals surface area contributed by atoms with E-state index in [-0.39, 0.29) is 21.5 Å². The average Bonchev–Trinajstić information content (AvgIpc) is 2.67. The first kappa shape index (κ1) is 28.2. The van der Waals surface area contributed by atoms with Gasteiger partial charge in [-0.1, -0.05) is 39.1 Å². The third-order valence-electron chi connectivity index (χ3n) is 3.53. The van der Waals surface area contributed by atoms with Gasteiger partial charge >= 0.3 is 0 Å². The van der Waals surface area contributed by atoms with Crippen molar-refractivity contribution in [3.05, 3.63) is 58.7 Å². The van der Waals surface area contributed by atoms with Crippen LogP contribution in [0, 0.1) is 13.8 Å². The summed E-state index contributed by atoms with van der Waals surface area (Å²) in [5.41, 5.74) is 5.41. The van der Waals surface area contributed by atoms with Gasteiger partial charge < -0.3 is 0 Å². The van der Waals surface area contributed by atoms with Crippen LogP contribution in [-0.4, -0.2) is 31.0 Å². The number of aliphatic imine (C=N–C) groups is 4. The first-order valence-electron chi connectivity index (χ1n) is 7.97. The number of hydrogen-bond donors (Lipinski definition) is 0. The summed E-state index contributed by atoms with van der Waals surface area (Å²) in [4.78, 5) is 52.1. The molecule has 0 aliphatic rings. The van der Waals surface area contributed by atoms with E-state index < -0.39 is 0 Å². The summed E-state index contributed by atoms with van der Waals surface area (Å²) in [5, 5.41) is 0. The molecule has 0 unspecified atom stereocenters. The monoisotopic (exact) mass is 408 g/mol. The number of benzene rings is 2. The van der Waals surface area contributed by atoms with Crippen molar-refractivity contribution in [2.24, 2.45) is 20.0 Å². The molecule has 156 valence electrons. The molecule has 0 spiro atoms. The van der Waals surface area contributed by atoms with Crippen LogP contribution >= 0.6 is 0 Å². The zero-order valence-corrected chi connectivity index (χ0v) is 15.3. The van der Waals surface area contributed by atoms with Gasteiger partial charge in [-0.3, -0.25) is 0 Å². The molecule has 0 radical (unpaired) electrons. The van der Waals surface area contributed by atoms with Gasteiger partial charge in [-0.25, -0.2) is 19.2 Å². The van der Waals surface area contributed by atoms with Gasteiger partial charge in [0, 0.05) is 0 Å². The standard InChI is InChI=1S/C17H14N2O2.C3H2N2O2.2CH4/c1-12-7-14(3-5-16(12)18-10-20)9-15-4-6-17(19-11-21)13(2)8-15;6-2-4-1-5-3-7;;/h3-8H,9H2,1-2H3;1H2;2*1H4. The highest BCUT2D eigenvalue weighted by Crippen LogP contribution is 2.23. The minimum Gasteiger partial charge on any atom is -0.211 e. The van der Waals surface area contributed by atoms with Crippen LogP contribution in [0.4, 0.5) is 11.4 Å². The molecule has 8 heteroatoms. The predicted octanol–water partition coefficient (Wildman–Crippen LogP) is 4.72. The van der Waals surface area contributed by atoms with Crippen LogP contribution in [0.25, 0.3) is 0 Å². The van der Waals surface area contributed by atoms with Gasteiger partial charge in [0.2, 0.25) is 24.3 Å². The first-order valence-corrected chi connectivity index (χ1v) is 7.97. The highest BCUT2D eigenvalue weighted by molar-refractivity contribution is 5.56. The Kier molecular flexibility index (Phi) is 15.0. The third-order valence-corrected chi connectivity index (χ3v) is 3.53. The Balaban J connectivity index is 0. The van der Waals surface area contributed by atoms with Gasteiger partial charge in [0.25, 0.3) is 0 Å². The molecular formula is C22H24N4O4. The smallest absolute Gasteiger partial charge is 0.211 e. The number of isocyanates is 4. The second-order valence-corrected chi connectivity index (χ2v) is 5.46. The van der Waals surface area contributed by atoms with Crippen LogP contribution in [-0.2, 0) is 25.6 Å². The van der Waals surface area contributed by atoms with Crippen molar-refractivity contribution in [1.82, 2.24) is 0 Å². The van der Waals surface area contributed by atoms with Crippen LogP contribution < -0.4 is 0 Å². The fraction of sp³-hybridized carbons (Fsp3) is 0.273. The number of nitrogens with zero attached hydrogens (tertiary/aromatic N) is 4. The van der Waals surface area contributed by atoms with Crippen LogP contribution in [0.5, 0.6) is 0 Å². The van der Waals surface area contributed by atoms with Crippen LogP contribution in [0.15, 0.2) is 56.4 Å². The Morgan fingerprint density at radius 1 is 0.667 bits per heavy atom. The molecule has 0 aliphatic carbocycles. The van der Waals surface area contributed by atoms with Gasteiger partial charge in [-0.05, 0) is 54.7 Å². The van der Waals surface area contributed by atoms with Crippen molar-refractivity contribution < 1.29 is 19.2 Å². The van der Waals surface area contributed by atoms with E-state index in [4.69, 9.17) is 0 Å². The van der Waals surface area contributed by atoms with Gasteiger partial charge in [-0.15, -0.1) is 0 Å². The molecule has 0 saturated heterocycles. The van der Waals surface area contributed by atoms with E-state index in [1.54, 1.807) is 12.2 Å². The van der Waals surface area contributed by atoms with E-state index in [0.29, 0.717) is 11.4 Å². The minimum atomic E-state index is -0.160. The second-order valence-electron chi connectivity index (χ2n) is 5.46. The van der Waals surface area contributed by atoms with Crippen molar-refractivity contribution in [3.63, 3.8) is 0 Å². The lowest BCUT2D eigenvalue weighted by Gasteiger charge is -2.07. The molecule has 0 aromatic heterocycles.